The first-order chi connectivity index (χ1) is 20.1. The van der Waals surface area contributed by atoms with Crippen molar-refractivity contribution in [1.29, 1.82) is 0 Å². The standard InChI is InChI=1S/C35H39N3O3/c1-4-40-35(39)34-28(19-13-23-41-31-21-11-15-25-14-8-9-16-26(25)31)27-17-12-18-29-32-24(2)37(3)36-30(32)20-7-5-6-10-22-38(34)33(27)29/h8-9,11-12,14-18,21H,4-7,10,13,19-20,22-23H2,1-3H3. The Labute approximate surface area is 241 Å². The second-order valence-corrected chi connectivity index (χ2v) is 11.0. The predicted octanol–water partition coefficient (Wildman–Crippen LogP) is 7.81. The summed E-state index contributed by atoms with van der Waals surface area (Å²) in [6, 6.07) is 21.0. The van der Waals surface area contributed by atoms with Gasteiger partial charge in [-0.05, 0) is 63.0 Å². The van der Waals surface area contributed by atoms with Gasteiger partial charge >= 0.3 is 5.97 Å². The molecule has 0 unspecified atom stereocenters. The van der Waals surface area contributed by atoms with Crippen LogP contribution in [0.25, 0.3) is 32.8 Å². The molecule has 212 valence electrons. The molecule has 0 saturated heterocycles. The van der Waals surface area contributed by atoms with Crippen LogP contribution >= 0.6 is 0 Å². The summed E-state index contributed by atoms with van der Waals surface area (Å²) in [7, 11) is 2.03. The molecule has 0 saturated carbocycles. The van der Waals surface area contributed by atoms with Gasteiger partial charge in [0.05, 0.1) is 24.4 Å². The Hall–Kier alpha value is -4.06. The SMILES string of the molecule is CCOC(=O)c1c(CCCOc2cccc3ccccc23)c2cccc3c2n1CCCCCCc1nn(C)c(C)c1-3. The van der Waals surface area contributed by atoms with Gasteiger partial charge in [-0.1, -0.05) is 67.4 Å². The number of aryl methyl sites for hydroxylation is 4. The summed E-state index contributed by atoms with van der Waals surface area (Å²) < 4.78 is 16.2. The van der Waals surface area contributed by atoms with Crippen molar-refractivity contribution in [3.63, 3.8) is 0 Å². The fraction of sp³-hybridized carbons (Fsp3) is 0.371. The first kappa shape index (κ1) is 27.1. The van der Waals surface area contributed by atoms with Gasteiger partial charge in [-0.3, -0.25) is 4.68 Å². The molecule has 0 spiro atoms. The molecule has 3 heterocycles. The van der Waals surface area contributed by atoms with Crippen molar-refractivity contribution in [2.24, 2.45) is 7.05 Å². The first-order valence-corrected chi connectivity index (χ1v) is 15.0. The molecule has 0 bridgehead atoms. The first-order valence-electron chi connectivity index (χ1n) is 15.0. The number of fused-ring (bicyclic) bond motifs is 3. The number of nitrogens with zero attached hydrogens (tertiary/aromatic N) is 3. The van der Waals surface area contributed by atoms with E-state index >= 15 is 0 Å². The van der Waals surface area contributed by atoms with Crippen LogP contribution in [0.1, 0.15) is 66.5 Å². The van der Waals surface area contributed by atoms with Gasteiger partial charge < -0.3 is 14.0 Å². The van der Waals surface area contributed by atoms with Crippen molar-refractivity contribution in [2.75, 3.05) is 13.2 Å². The number of esters is 1. The van der Waals surface area contributed by atoms with Crippen molar-refractivity contribution in [3.05, 3.63) is 83.3 Å². The number of hydrogen-bond acceptors (Lipinski definition) is 4. The molecule has 0 atom stereocenters. The van der Waals surface area contributed by atoms with Crippen molar-refractivity contribution in [3.8, 4) is 16.9 Å². The summed E-state index contributed by atoms with van der Waals surface area (Å²) in [6.07, 6.45) is 6.92. The zero-order valence-corrected chi connectivity index (χ0v) is 24.4. The fourth-order valence-electron chi connectivity index (χ4n) is 6.46. The van der Waals surface area contributed by atoms with Gasteiger partial charge in [-0.15, -0.1) is 0 Å². The average molecular weight is 550 g/mol. The van der Waals surface area contributed by atoms with Crippen molar-refractivity contribution in [2.45, 2.75) is 65.3 Å². The predicted molar refractivity (Wildman–Crippen MR) is 165 cm³/mol. The van der Waals surface area contributed by atoms with E-state index in [1.807, 2.05) is 42.9 Å². The third-order valence-electron chi connectivity index (χ3n) is 8.46. The second-order valence-electron chi connectivity index (χ2n) is 11.0. The molecule has 6 nitrogen and oxygen atoms in total. The highest BCUT2D eigenvalue weighted by Gasteiger charge is 2.27. The third-order valence-corrected chi connectivity index (χ3v) is 8.46. The molecule has 41 heavy (non-hydrogen) atoms. The number of para-hydroxylation sites is 1. The van der Waals surface area contributed by atoms with E-state index in [9.17, 15) is 4.79 Å². The normalized spacial score (nSPS) is 13.6. The van der Waals surface area contributed by atoms with Gasteiger partial charge in [0.25, 0.3) is 0 Å². The minimum absolute atomic E-state index is 0.238. The van der Waals surface area contributed by atoms with E-state index < -0.39 is 0 Å². The summed E-state index contributed by atoms with van der Waals surface area (Å²) in [6.45, 7) is 5.73. The molecule has 0 aliphatic carbocycles. The van der Waals surface area contributed by atoms with Gasteiger partial charge in [0.1, 0.15) is 11.4 Å². The summed E-state index contributed by atoms with van der Waals surface area (Å²) in [4.78, 5) is 13.6. The lowest BCUT2D eigenvalue weighted by Gasteiger charge is -2.13. The molecular formula is C35H39N3O3. The largest absolute Gasteiger partial charge is 0.493 e. The average Bonchev–Trinajstić information content (AvgIpc) is 3.44. The molecule has 0 N–H and O–H groups in total. The molecule has 0 amide bonds. The zero-order valence-electron chi connectivity index (χ0n) is 24.4. The molecule has 0 fully saturated rings. The lowest BCUT2D eigenvalue weighted by molar-refractivity contribution is 0.0512. The van der Waals surface area contributed by atoms with Crippen LogP contribution < -0.4 is 4.74 Å². The summed E-state index contributed by atoms with van der Waals surface area (Å²) in [5.41, 5.74) is 7.55. The molecule has 5 aromatic rings. The van der Waals surface area contributed by atoms with Gasteiger partial charge in [-0.2, -0.15) is 5.10 Å². The lowest BCUT2D eigenvalue weighted by atomic mass is 9.96. The summed E-state index contributed by atoms with van der Waals surface area (Å²) in [5, 5.41) is 8.34. The third kappa shape index (κ3) is 5.12. The molecule has 1 aliphatic heterocycles. The molecule has 2 aromatic heterocycles. The number of carbonyl (C=O) groups is 1. The Morgan fingerprint density at radius 3 is 2.61 bits per heavy atom. The Kier molecular flexibility index (Phi) is 7.82. The number of ether oxygens (including phenoxy) is 2. The van der Waals surface area contributed by atoms with Crippen molar-refractivity contribution in [1.82, 2.24) is 14.3 Å². The molecule has 6 heteroatoms. The van der Waals surface area contributed by atoms with Crippen LogP contribution in [0.4, 0.5) is 0 Å². The minimum atomic E-state index is -0.238. The Bertz CT molecular complexity index is 1710. The van der Waals surface area contributed by atoms with E-state index in [-0.39, 0.29) is 5.97 Å². The number of hydrogen-bond donors (Lipinski definition) is 0. The van der Waals surface area contributed by atoms with Gasteiger partial charge in [0, 0.05) is 41.2 Å². The van der Waals surface area contributed by atoms with Crippen LogP contribution in [0.5, 0.6) is 5.75 Å². The van der Waals surface area contributed by atoms with E-state index in [0.717, 1.165) is 96.0 Å². The van der Waals surface area contributed by atoms with E-state index in [1.165, 1.54) is 10.9 Å². The van der Waals surface area contributed by atoms with E-state index in [1.54, 1.807) is 0 Å². The van der Waals surface area contributed by atoms with Crippen LogP contribution in [-0.4, -0.2) is 33.5 Å². The Morgan fingerprint density at radius 2 is 1.73 bits per heavy atom. The highest BCUT2D eigenvalue weighted by molar-refractivity contribution is 6.05. The highest BCUT2D eigenvalue weighted by atomic mass is 16.5. The maximum atomic E-state index is 13.6. The van der Waals surface area contributed by atoms with E-state index in [0.29, 0.717) is 18.9 Å². The van der Waals surface area contributed by atoms with Crippen LogP contribution in [0.2, 0.25) is 0 Å². The topological polar surface area (TPSA) is 58.3 Å². The molecule has 1 aliphatic rings. The Morgan fingerprint density at radius 1 is 0.951 bits per heavy atom. The minimum Gasteiger partial charge on any atom is -0.493 e. The van der Waals surface area contributed by atoms with Crippen LogP contribution in [-0.2, 0) is 31.2 Å². The number of benzene rings is 3. The number of aromatic nitrogens is 3. The smallest absolute Gasteiger partial charge is 0.355 e. The molecule has 6 rings (SSSR count). The van der Waals surface area contributed by atoms with Crippen LogP contribution in [0.3, 0.4) is 0 Å². The monoisotopic (exact) mass is 549 g/mol. The quantitative estimate of drug-likeness (QED) is 0.153. The van der Waals surface area contributed by atoms with Crippen LogP contribution in [0, 0.1) is 6.92 Å². The van der Waals surface area contributed by atoms with E-state index in [4.69, 9.17) is 14.6 Å². The van der Waals surface area contributed by atoms with Gasteiger partial charge in [0.15, 0.2) is 0 Å². The molecule has 3 aromatic carbocycles. The van der Waals surface area contributed by atoms with Gasteiger partial charge in [0.2, 0.25) is 0 Å². The lowest BCUT2D eigenvalue weighted by Crippen LogP contribution is -2.15. The van der Waals surface area contributed by atoms with Crippen molar-refractivity contribution >= 4 is 27.6 Å². The van der Waals surface area contributed by atoms with Crippen LogP contribution in [0.15, 0.2) is 60.7 Å². The van der Waals surface area contributed by atoms with E-state index in [2.05, 4.69) is 47.9 Å². The second kappa shape index (κ2) is 11.8. The van der Waals surface area contributed by atoms with Gasteiger partial charge in [-0.25, -0.2) is 4.79 Å². The highest BCUT2D eigenvalue weighted by Crippen LogP contribution is 2.39. The number of carbonyl (C=O) groups excluding carboxylic acids is 1. The molecular weight excluding hydrogens is 510 g/mol. The maximum Gasteiger partial charge on any atom is 0.355 e. The number of rotatable bonds is 7. The fourth-order valence-corrected chi connectivity index (χ4v) is 6.46. The Balaban J connectivity index is 1.42. The van der Waals surface area contributed by atoms with Crippen molar-refractivity contribution < 1.29 is 14.3 Å². The maximum absolute atomic E-state index is 13.6. The molecule has 0 radical (unpaired) electrons. The summed E-state index contributed by atoms with van der Waals surface area (Å²) in [5.74, 6) is 0.657. The zero-order chi connectivity index (χ0) is 28.3. The summed E-state index contributed by atoms with van der Waals surface area (Å²) >= 11 is 0.